The summed E-state index contributed by atoms with van der Waals surface area (Å²) >= 11 is 0. The van der Waals surface area contributed by atoms with Crippen LogP contribution in [0.15, 0.2) is 18.2 Å². The molecule has 0 saturated heterocycles. The van der Waals surface area contributed by atoms with Gasteiger partial charge in [-0.1, -0.05) is 19.9 Å². The number of ether oxygens (including phenoxy) is 1. The van der Waals surface area contributed by atoms with Crippen molar-refractivity contribution in [2.75, 3.05) is 0 Å². The lowest BCUT2D eigenvalue weighted by Crippen LogP contribution is -2.25. The van der Waals surface area contributed by atoms with Gasteiger partial charge in [-0.25, -0.2) is 8.60 Å². The van der Waals surface area contributed by atoms with Gasteiger partial charge in [-0.3, -0.25) is 5.14 Å². The van der Waals surface area contributed by atoms with Crippen molar-refractivity contribution < 1.29 is 13.3 Å². The van der Waals surface area contributed by atoms with Gasteiger partial charge in [-0.2, -0.15) is 0 Å². The fourth-order valence-electron chi connectivity index (χ4n) is 1.51. The Balaban J connectivity index is 0.00000172. The molecule has 0 spiro atoms. The van der Waals surface area contributed by atoms with Crippen molar-refractivity contribution in [3.05, 3.63) is 29.6 Å². The van der Waals surface area contributed by atoms with Crippen molar-refractivity contribution in [3.63, 3.8) is 0 Å². The highest BCUT2D eigenvalue weighted by molar-refractivity contribution is 7.83. The third-order valence-corrected chi connectivity index (χ3v) is 3.31. The Labute approximate surface area is 124 Å². The molecule has 0 bridgehead atoms. The van der Waals surface area contributed by atoms with Gasteiger partial charge in [0.15, 0.2) is 0 Å². The van der Waals surface area contributed by atoms with Gasteiger partial charge in [0.05, 0.1) is 16.2 Å². The number of hydrogen-bond acceptors (Lipinski definition) is 2. The van der Waals surface area contributed by atoms with E-state index >= 15 is 0 Å². The lowest BCUT2D eigenvalue weighted by atomic mass is 10.1. The smallest absolute Gasteiger partial charge is 0.126 e. The average Bonchev–Trinajstić information content (AvgIpc) is 2.33. The van der Waals surface area contributed by atoms with Crippen molar-refractivity contribution in [2.24, 2.45) is 5.14 Å². The molecule has 2 N–H and O–H groups in total. The van der Waals surface area contributed by atoms with E-state index in [-0.39, 0.29) is 11.1 Å². The maximum Gasteiger partial charge on any atom is 0.126 e. The van der Waals surface area contributed by atoms with Crippen LogP contribution in [0.4, 0.5) is 4.39 Å². The van der Waals surface area contributed by atoms with E-state index < -0.39 is 16.6 Å². The molecule has 0 saturated carbocycles. The van der Waals surface area contributed by atoms with Gasteiger partial charge in [-0.15, -0.1) is 0 Å². The van der Waals surface area contributed by atoms with Crippen LogP contribution in [-0.2, 0) is 17.4 Å². The summed E-state index contributed by atoms with van der Waals surface area (Å²) in [5, 5.41) is 5.15. The van der Waals surface area contributed by atoms with Crippen LogP contribution in [0.3, 0.4) is 0 Å². The molecule has 0 aliphatic rings. The van der Waals surface area contributed by atoms with Crippen LogP contribution in [0.1, 0.15) is 47.1 Å². The topological polar surface area (TPSA) is 52.3 Å². The van der Waals surface area contributed by atoms with E-state index in [1.165, 1.54) is 12.1 Å². The van der Waals surface area contributed by atoms with Crippen LogP contribution < -0.4 is 9.88 Å². The molecular weight excluding hydrogens is 277 g/mol. The Morgan fingerprint density at radius 3 is 2.35 bits per heavy atom. The minimum atomic E-state index is -1.40. The van der Waals surface area contributed by atoms with Crippen LogP contribution in [-0.4, -0.2) is 15.1 Å². The first-order chi connectivity index (χ1) is 9.19. The van der Waals surface area contributed by atoms with Crippen LogP contribution in [0, 0.1) is 5.82 Å². The molecule has 3 nitrogen and oxygen atoms in total. The second-order valence-corrected chi connectivity index (χ2v) is 6.77. The van der Waals surface area contributed by atoms with Gasteiger partial charge in [0.2, 0.25) is 0 Å². The molecule has 0 aliphatic heterocycles. The molecule has 1 rings (SSSR count). The zero-order chi connectivity index (χ0) is 15.9. The van der Waals surface area contributed by atoms with Crippen molar-refractivity contribution in [3.8, 4) is 5.75 Å². The monoisotopic (exact) mass is 303 g/mol. The summed E-state index contributed by atoms with van der Waals surface area (Å²) in [6.45, 7) is 11.5. The molecule has 0 amide bonds. The molecule has 20 heavy (non-hydrogen) atoms. The van der Waals surface area contributed by atoms with E-state index in [0.29, 0.717) is 12.2 Å². The average molecular weight is 303 g/mol. The molecule has 116 valence electrons. The molecule has 1 aromatic rings. The Hall–Kier alpha value is -0.940. The Kier molecular flexibility index (Phi) is 7.98. The van der Waals surface area contributed by atoms with E-state index in [4.69, 9.17) is 9.88 Å². The normalized spacial score (nSPS) is 14.0. The van der Waals surface area contributed by atoms with Crippen LogP contribution in [0.2, 0.25) is 0 Å². The van der Waals surface area contributed by atoms with Crippen molar-refractivity contribution >= 4 is 11.0 Å². The van der Waals surface area contributed by atoms with Gasteiger partial charge >= 0.3 is 0 Å². The quantitative estimate of drug-likeness (QED) is 0.924. The van der Waals surface area contributed by atoms with E-state index in [1.54, 1.807) is 13.0 Å². The number of rotatable bonds is 4. The number of nitrogens with two attached hydrogens (primary N) is 1. The summed E-state index contributed by atoms with van der Waals surface area (Å²) < 4.78 is 30.2. The Morgan fingerprint density at radius 1 is 1.35 bits per heavy atom. The first-order valence-corrected chi connectivity index (χ1v) is 8.09. The SMILES string of the molecule is CC.CC(Cc1ccc(F)cc1OC(C)(C)C)S(N)=O. The number of hydrogen-bond donors (Lipinski definition) is 1. The summed E-state index contributed by atoms with van der Waals surface area (Å²) in [4.78, 5) is 0. The molecular formula is C15H26FNO2S. The van der Waals surface area contributed by atoms with Crippen LogP contribution in [0.25, 0.3) is 0 Å². The zero-order valence-corrected chi connectivity index (χ0v) is 14.0. The zero-order valence-electron chi connectivity index (χ0n) is 13.2. The third kappa shape index (κ3) is 7.01. The van der Waals surface area contributed by atoms with Crippen LogP contribution in [0.5, 0.6) is 5.75 Å². The van der Waals surface area contributed by atoms with Crippen molar-refractivity contribution in [2.45, 2.75) is 58.8 Å². The molecule has 2 atom stereocenters. The van der Waals surface area contributed by atoms with Crippen molar-refractivity contribution in [1.82, 2.24) is 0 Å². The van der Waals surface area contributed by atoms with E-state index in [9.17, 15) is 8.60 Å². The summed E-state index contributed by atoms with van der Waals surface area (Å²) in [5.41, 5.74) is 0.408. The fraction of sp³-hybridized carbons (Fsp3) is 0.600. The van der Waals surface area contributed by atoms with Crippen LogP contribution >= 0.6 is 0 Å². The highest BCUT2D eigenvalue weighted by Crippen LogP contribution is 2.26. The summed E-state index contributed by atoms with van der Waals surface area (Å²) in [6, 6.07) is 4.38. The van der Waals surface area contributed by atoms with Crippen molar-refractivity contribution in [1.29, 1.82) is 0 Å². The van der Waals surface area contributed by atoms with E-state index in [1.807, 2.05) is 34.6 Å². The highest BCUT2D eigenvalue weighted by Gasteiger charge is 2.17. The lowest BCUT2D eigenvalue weighted by molar-refractivity contribution is 0.129. The molecule has 1 aromatic carbocycles. The fourth-order valence-corrected chi connectivity index (χ4v) is 1.86. The number of benzene rings is 1. The second kappa shape index (κ2) is 8.37. The molecule has 0 aromatic heterocycles. The van der Waals surface area contributed by atoms with E-state index in [2.05, 4.69) is 0 Å². The molecule has 0 aliphatic carbocycles. The maximum absolute atomic E-state index is 13.3. The lowest BCUT2D eigenvalue weighted by Gasteiger charge is -2.24. The highest BCUT2D eigenvalue weighted by atomic mass is 32.2. The Morgan fingerprint density at radius 2 is 1.90 bits per heavy atom. The molecule has 0 fully saturated rings. The Bertz CT molecular complexity index is 444. The van der Waals surface area contributed by atoms with Gasteiger partial charge in [0, 0.05) is 6.07 Å². The summed E-state index contributed by atoms with van der Waals surface area (Å²) in [7, 11) is -1.40. The van der Waals surface area contributed by atoms with Gasteiger partial charge in [0.1, 0.15) is 17.2 Å². The predicted octanol–water partition coefficient (Wildman–Crippen LogP) is 3.58. The summed E-state index contributed by atoms with van der Waals surface area (Å²) in [6.07, 6.45) is 0.495. The van der Waals surface area contributed by atoms with E-state index in [0.717, 1.165) is 5.56 Å². The number of halogens is 1. The molecule has 5 heteroatoms. The first kappa shape index (κ1) is 19.1. The second-order valence-electron chi connectivity index (χ2n) is 5.31. The minimum absolute atomic E-state index is 0.197. The van der Waals surface area contributed by atoms with Gasteiger partial charge < -0.3 is 4.74 Å². The predicted molar refractivity (Wildman–Crippen MR) is 83.6 cm³/mol. The summed E-state index contributed by atoms with van der Waals surface area (Å²) in [5.74, 6) is 0.138. The molecule has 0 radical (unpaired) electrons. The van der Waals surface area contributed by atoms with Gasteiger partial charge in [0.25, 0.3) is 0 Å². The van der Waals surface area contributed by atoms with Gasteiger partial charge in [-0.05, 0) is 45.7 Å². The maximum atomic E-state index is 13.3. The minimum Gasteiger partial charge on any atom is -0.488 e. The molecule has 0 heterocycles. The molecule has 2 unspecified atom stereocenters. The first-order valence-electron chi connectivity index (χ1n) is 6.81. The standard InChI is InChI=1S/C13H20FNO2S.C2H6/c1-9(18(15)16)7-10-5-6-11(14)8-12(10)17-13(2,3)4;1-2/h5-6,8-9H,7,15H2,1-4H3;1-2H3. The largest absolute Gasteiger partial charge is 0.488 e. The third-order valence-electron chi connectivity index (χ3n) is 2.35.